The van der Waals surface area contributed by atoms with E-state index in [1.165, 1.54) is 0 Å². The minimum atomic E-state index is -3.56. The zero-order valence-corrected chi connectivity index (χ0v) is 12.0. The van der Waals surface area contributed by atoms with Crippen LogP contribution in [0.25, 0.3) is 0 Å². The van der Waals surface area contributed by atoms with Gasteiger partial charge in [0.15, 0.2) is 0 Å². The lowest BCUT2D eigenvalue weighted by atomic mass is 9.83. The molecule has 19 heavy (non-hydrogen) atoms. The fourth-order valence-electron chi connectivity index (χ4n) is 2.65. The first-order valence-electron chi connectivity index (χ1n) is 6.69. The van der Waals surface area contributed by atoms with Gasteiger partial charge in [-0.15, -0.1) is 0 Å². The van der Waals surface area contributed by atoms with Crippen LogP contribution in [0.15, 0.2) is 29.2 Å². The fourth-order valence-corrected chi connectivity index (χ4v) is 4.20. The van der Waals surface area contributed by atoms with Crippen molar-refractivity contribution in [2.45, 2.75) is 49.5 Å². The summed E-state index contributed by atoms with van der Waals surface area (Å²) in [4.78, 5) is 0.269. The maximum absolute atomic E-state index is 12.4. The molecule has 1 aliphatic rings. The van der Waals surface area contributed by atoms with Gasteiger partial charge in [0.1, 0.15) is 0 Å². The van der Waals surface area contributed by atoms with Gasteiger partial charge in [0, 0.05) is 0 Å². The molecule has 2 rings (SSSR count). The van der Waals surface area contributed by atoms with E-state index in [1.54, 1.807) is 18.2 Å². The Kier molecular flexibility index (Phi) is 4.28. The lowest BCUT2D eigenvalue weighted by molar-refractivity contribution is 0.142. The molecule has 0 bridgehead atoms. The largest absolute Gasteiger partial charge is 0.394 e. The molecule has 106 valence electrons. The van der Waals surface area contributed by atoms with Crippen LogP contribution in [0.2, 0.25) is 0 Å². The number of hydrogen-bond acceptors (Lipinski definition) is 3. The Morgan fingerprint density at radius 1 is 1.26 bits per heavy atom. The van der Waals surface area contributed by atoms with Crippen molar-refractivity contribution in [2.75, 3.05) is 6.61 Å². The molecule has 0 aromatic heterocycles. The number of benzene rings is 1. The number of aliphatic hydroxyl groups is 1. The van der Waals surface area contributed by atoms with Gasteiger partial charge >= 0.3 is 0 Å². The van der Waals surface area contributed by atoms with E-state index in [4.69, 9.17) is 0 Å². The molecule has 0 radical (unpaired) electrons. The number of nitrogens with one attached hydrogen (secondary N) is 1. The molecule has 0 spiro atoms. The maximum atomic E-state index is 12.4. The third-order valence-corrected chi connectivity index (χ3v) is 5.34. The number of sulfonamides is 1. The summed E-state index contributed by atoms with van der Waals surface area (Å²) < 4.78 is 27.5. The second-order valence-corrected chi connectivity index (χ2v) is 7.10. The second-order valence-electron chi connectivity index (χ2n) is 5.42. The SMILES string of the molecule is Cc1cccc(S(=O)(=O)NC2(CO)CCCCC2)c1. The van der Waals surface area contributed by atoms with Gasteiger partial charge in [-0.3, -0.25) is 0 Å². The molecule has 0 amide bonds. The highest BCUT2D eigenvalue weighted by Crippen LogP contribution is 2.29. The molecule has 0 aliphatic heterocycles. The Morgan fingerprint density at radius 2 is 1.95 bits per heavy atom. The number of hydrogen-bond donors (Lipinski definition) is 2. The van der Waals surface area contributed by atoms with Crippen molar-refractivity contribution in [3.8, 4) is 0 Å². The molecular formula is C14H21NO3S. The average molecular weight is 283 g/mol. The van der Waals surface area contributed by atoms with Crippen molar-refractivity contribution in [1.82, 2.24) is 4.72 Å². The van der Waals surface area contributed by atoms with Gasteiger partial charge in [-0.05, 0) is 37.5 Å². The van der Waals surface area contributed by atoms with Gasteiger partial charge in [-0.25, -0.2) is 13.1 Å². The Balaban J connectivity index is 2.25. The molecule has 0 atom stereocenters. The summed E-state index contributed by atoms with van der Waals surface area (Å²) in [5.74, 6) is 0. The summed E-state index contributed by atoms with van der Waals surface area (Å²) in [5, 5.41) is 9.58. The number of aliphatic hydroxyl groups excluding tert-OH is 1. The molecule has 1 fully saturated rings. The zero-order valence-electron chi connectivity index (χ0n) is 11.2. The molecule has 0 saturated heterocycles. The predicted molar refractivity (Wildman–Crippen MR) is 74.4 cm³/mol. The quantitative estimate of drug-likeness (QED) is 0.888. The van der Waals surface area contributed by atoms with Crippen molar-refractivity contribution in [1.29, 1.82) is 0 Å². The van der Waals surface area contributed by atoms with Crippen LogP contribution < -0.4 is 4.72 Å². The summed E-state index contributed by atoms with van der Waals surface area (Å²) >= 11 is 0. The van der Waals surface area contributed by atoms with E-state index in [9.17, 15) is 13.5 Å². The van der Waals surface area contributed by atoms with E-state index >= 15 is 0 Å². The Hall–Kier alpha value is -0.910. The molecule has 1 aliphatic carbocycles. The van der Waals surface area contributed by atoms with Gasteiger partial charge in [0.2, 0.25) is 10.0 Å². The third kappa shape index (κ3) is 3.35. The lowest BCUT2D eigenvalue weighted by Gasteiger charge is -2.36. The molecule has 2 N–H and O–H groups in total. The first kappa shape index (κ1) is 14.5. The van der Waals surface area contributed by atoms with Crippen LogP contribution in [-0.4, -0.2) is 25.7 Å². The smallest absolute Gasteiger partial charge is 0.241 e. The van der Waals surface area contributed by atoms with Gasteiger partial charge in [0.05, 0.1) is 17.0 Å². The molecule has 1 saturated carbocycles. The highest BCUT2D eigenvalue weighted by molar-refractivity contribution is 7.89. The van der Waals surface area contributed by atoms with E-state index < -0.39 is 15.6 Å². The predicted octanol–water partition coefficient (Wildman–Crippen LogP) is 1.97. The van der Waals surface area contributed by atoms with E-state index in [0.717, 1.165) is 24.8 Å². The third-order valence-electron chi connectivity index (χ3n) is 3.76. The monoisotopic (exact) mass is 283 g/mol. The van der Waals surface area contributed by atoms with E-state index in [0.29, 0.717) is 12.8 Å². The van der Waals surface area contributed by atoms with Gasteiger partial charge in [0.25, 0.3) is 0 Å². The molecule has 0 unspecified atom stereocenters. The standard InChI is InChI=1S/C14H21NO3S/c1-12-6-5-7-13(10-12)19(17,18)15-14(11-16)8-3-2-4-9-14/h5-7,10,15-16H,2-4,8-9,11H2,1H3. The van der Waals surface area contributed by atoms with Crippen molar-refractivity contribution >= 4 is 10.0 Å². The summed E-state index contributed by atoms with van der Waals surface area (Å²) in [5.41, 5.74) is 0.227. The fraction of sp³-hybridized carbons (Fsp3) is 0.571. The van der Waals surface area contributed by atoms with Crippen LogP contribution >= 0.6 is 0 Å². The van der Waals surface area contributed by atoms with Crippen LogP contribution in [-0.2, 0) is 10.0 Å². The first-order valence-corrected chi connectivity index (χ1v) is 8.17. The highest BCUT2D eigenvalue weighted by Gasteiger charge is 2.35. The minimum absolute atomic E-state index is 0.141. The Bertz CT molecular complexity index is 533. The van der Waals surface area contributed by atoms with Crippen LogP contribution in [0, 0.1) is 6.92 Å². The molecular weight excluding hydrogens is 262 g/mol. The van der Waals surface area contributed by atoms with Crippen molar-refractivity contribution in [3.05, 3.63) is 29.8 Å². The Morgan fingerprint density at radius 3 is 2.53 bits per heavy atom. The molecule has 5 heteroatoms. The maximum Gasteiger partial charge on any atom is 0.241 e. The molecule has 4 nitrogen and oxygen atoms in total. The summed E-state index contributed by atoms with van der Waals surface area (Å²) in [7, 11) is -3.56. The van der Waals surface area contributed by atoms with Gasteiger partial charge in [-0.1, -0.05) is 31.4 Å². The lowest BCUT2D eigenvalue weighted by Crippen LogP contribution is -2.52. The van der Waals surface area contributed by atoms with E-state index in [-0.39, 0.29) is 11.5 Å². The zero-order chi connectivity index (χ0) is 13.9. The normalized spacial score (nSPS) is 19.3. The Labute approximate surface area is 114 Å². The minimum Gasteiger partial charge on any atom is -0.394 e. The van der Waals surface area contributed by atoms with Crippen molar-refractivity contribution < 1.29 is 13.5 Å². The van der Waals surface area contributed by atoms with Crippen molar-refractivity contribution in [2.24, 2.45) is 0 Å². The number of rotatable bonds is 4. The summed E-state index contributed by atoms with van der Waals surface area (Å²) in [6.45, 7) is 1.72. The van der Waals surface area contributed by atoms with Crippen molar-refractivity contribution in [3.63, 3.8) is 0 Å². The van der Waals surface area contributed by atoms with E-state index in [2.05, 4.69) is 4.72 Å². The van der Waals surface area contributed by atoms with Crippen LogP contribution in [0.5, 0.6) is 0 Å². The summed E-state index contributed by atoms with van der Waals surface area (Å²) in [6.07, 6.45) is 4.42. The molecule has 1 aromatic carbocycles. The number of aryl methyl sites for hydroxylation is 1. The van der Waals surface area contributed by atoms with Crippen LogP contribution in [0.4, 0.5) is 0 Å². The van der Waals surface area contributed by atoms with Gasteiger partial charge < -0.3 is 5.11 Å². The second kappa shape index (κ2) is 5.61. The average Bonchev–Trinajstić information content (AvgIpc) is 2.39. The summed E-state index contributed by atoms with van der Waals surface area (Å²) in [6, 6.07) is 6.83. The first-order chi connectivity index (χ1) is 8.97. The molecule has 0 heterocycles. The highest BCUT2D eigenvalue weighted by atomic mass is 32.2. The van der Waals surface area contributed by atoms with Crippen LogP contribution in [0.1, 0.15) is 37.7 Å². The van der Waals surface area contributed by atoms with E-state index in [1.807, 2.05) is 13.0 Å². The topological polar surface area (TPSA) is 66.4 Å². The van der Waals surface area contributed by atoms with Crippen LogP contribution in [0.3, 0.4) is 0 Å². The van der Waals surface area contributed by atoms with Gasteiger partial charge in [-0.2, -0.15) is 0 Å². The molecule has 1 aromatic rings.